The molecule has 20 heavy (non-hydrogen) atoms. The summed E-state index contributed by atoms with van der Waals surface area (Å²) in [6, 6.07) is 7.93. The number of aromatic nitrogens is 2. The van der Waals surface area contributed by atoms with Gasteiger partial charge in [-0.25, -0.2) is 9.78 Å². The maximum absolute atomic E-state index is 12.2. The second-order valence-corrected chi connectivity index (χ2v) is 5.01. The van der Waals surface area contributed by atoms with Crippen molar-refractivity contribution in [2.24, 2.45) is 7.05 Å². The molecular formula is C15H16N4O. The number of hydrogen-bond donors (Lipinski definition) is 1. The Kier molecular flexibility index (Phi) is 2.82. The first-order valence-electron chi connectivity index (χ1n) is 6.41. The van der Waals surface area contributed by atoms with Gasteiger partial charge in [0.1, 0.15) is 5.69 Å². The van der Waals surface area contributed by atoms with Crippen LogP contribution >= 0.6 is 0 Å². The molecule has 1 aromatic carbocycles. The van der Waals surface area contributed by atoms with E-state index in [9.17, 15) is 4.79 Å². The fraction of sp³-hybridized carbons (Fsp3) is 0.200. The van der Waals surface area contributed by atoms with Crippen LogP contribution in [0.2, 0.25) is 0 Å². The normalized spacial score (nSPS) is 14.2. The molecule has 0 saturated carbocycles. The van der Waals surface area contributed by atoms with Gasteiger partial charge in [-0.05, 0) is 12.5 Å². The molecule has 102 valence electrons. The number of rotatable bonds is 2. The molecular weight excluding hydrogens is 252 g/mol. The lowest BCUT2D eigenvalue weighted by Gasteiger charge is -2.28. The van der Waals surface area contributed by atoms with Crippen LogP contribution in [-0.2, 0) is 13.6 Å². The molecule has 0 bridgehead atoms. The van der Waals surface area contributed by atoms with E-state index in [1.54, 1.807) is 11.2 Å². The molecule has 1 aliphatic heterocycles. The van der Waals surface area contributed by atoms with Gasteiger partial charge in [-0.3, -0.25) is 4.90 Å². The number of hydrogen-bond acceptors (Lipinski definition) is 2. The first-order chi connectivity index (χ1) is 9.56. The Hall–Kier alpha value is -2.56. The van der Waals surface area contributed by atoms with Gasteiger partial charge in [-0.15, -0.1) is 0 Å². The summed E-state index contributed by atoms with van der Waals surface area (Å²) in [7, 11) is 1.89. The fourth-order valence-electron chi connectivity index (χ4n) is 2.34. The number of benzene rings is 1. The lowest BCUT2D eigenvalue weighted by molar-refractivity contribution is 0.249. The molecule has 2 amide bonds. The van der Waals surface area contributed by atoms with Crippen LogP contribution in [-0.4, -0.2) is 15.6 Å². The number of amides is 2. The Labute approximate surface area is 117 Å². The van der Waals surface area contributed by atoms with Gasteiger partial charge in [0.15, 0.2) is 5.82 Å². The molecule has 0 radical (unpaired) electrons. The van der Waals surface area contributed by atoms with Crippen LogP contribution in [0.4, 0.5) is 10.6 Å². The lowest BCUT2D eigenvalue weighted by Crippen LogP contribution is -2.43. The van der Waals surface area contributed by atoms with E-state index in [1.165, 1.54) is 5.56 Å². The second kappa shape index (κ2) is 4.52. The highest BCUT2D eigenvalue weighted by atomic mass is 16.2. The summed E-state index contributed by atoms with van der Waals surface area (Å²) in [5.74, 6) is 0.654. The van der Waals surface area contributed by atoms with Gasteiger partial charge in [-0.1, -0.05) is 36.4 Å². The van der Waals surface area contributed by atoms with Gasteiger partial charge in [-0.2, -0.15) is 0 Å². The SMILES string of the molecule is C=C1NC(=O)N(Cc2ccc(C)cc2)c2ncn(C)c21. The molecule has 2 heterocycles. The van der Waals surface area contributed by atoms with E-state index in [1.807, 2.05) is 42.8 Å². The Morgan fingerprint density at radius 3 is 2.70 bits per heavy atom. The summed E-state index contributed by atoms with van der Waals surface area (Å²) in [5, 5.41) is 2.78. The summed E-state index contributed by atoms with van der Waals surface area (Å²) in [6.45, 7) is 6.40. The minimum atomic E-state index is -0.193. The van der Waals surface area contributed by atoms with Gasteiger partial charge < -0.3 is 9.88 Å². The molecule has 0 unspecified atom stereocenters. The minimum absolute atomic E-state index is 0.193. The molecule has 0 spiro atoms. The Bertz CT molecular complexity index is 684. The molecule has 5 nitrogen and oxygen atoms in total. The predicted octanol–water partition coefficient (Wildman–Crippen LogP) is 2.43. The van der Waals surface area contributed by atoms with Gasteiger partial charge in [0.2, 0.25) is 0 Å². The average molecular weight is 268 g/mol. The zero-order valence-electron chi connectivity index (χ0n) is 11.6. The molecule has 3 rings (SSSR count). The van der Waals surface area contributed by atoms with Crippen molar-refractivity contribution in [1.82, 2.24) is 14.9 Å². The Balaban J connectivity index is 1.96. The van der Waals surface area contributed by atoms with E-state index in [-0.39, 0.29) is 6.03 Å². The third kappa shape index (κ3) is 1.97. The highest BCUT2D eigenvalue weighted by Crippen LogP contribution is 2.28. The summed E-state index contributed by atoms with van der Waals surface area (Å²) >= 11 is 0. The molecule has 0 aliphatic carbocycles. The highest BCUT2D eigenvalue weighted by Gasteiger charge is 2.29. The second-order valence-electron chi connectivity index (χ2n) is 5.01. The number of urea groups is 1. The fourth-order valence-corrected chi connectivity index (χ4v) is 2.34. The standard InChI is InChI=1S/C15H16N4O/c1-10-4-6-12(7-5-10)8-19-14-13(18(3)9-16-14)11(2)17-15(19)20/h4-7,9H,2,8H2,1,3H3,(H,17,20). The summed E-state index contributed by atoms with van der Waals surface area (Å²) in [5.41, 5.74) is 3.69. The van der Waals surface area contributed by atoms with E-state index >= 15 is 0 Å². The van der Waals surface area contributed by atoms with Gasteiger partial charge in [0.05, 0.1) is 18.6 Å². The molecule has 1 aromatic heterocycles. The zero-order chi connectivity index (χ0) is 14.3. The Morgan fingerprint density at radius 1 is 1.30 bits per heavy atom. The number of fused-ring (bicyclic) bond motifs is 1. The predicted molar refractivity (Wildman–Crippen MR) is 78.1 cm³/mol. The van der Waals surface area contributed by atoms with Crippen LogP contribution < -0.4 is 10.2 Å². The lowest BCUT2D eigenvalue weighted by atomic mass is 10.1. The first kappa shape index (κ1) is 12.5. The van der Waals surface area contributed by atoms with Crippen molar-refractivity contribution in [3.63, 3.8) is 0 Å². The van der Waals surface area contributed by atoms with Crippen LogP contribution in [0.1, 0.15) is 16.8 Å². The summed E-state index contributed by atoms with van der Waals surface area (Å²) in [4.78, 5) is 18.1. The van der Waals surface area contributed by atoms with Gasteiger partial charge in [0.25, 0.3) is 0 Å². The monoisotopic (exact) mass is 268 g/mol. The van der Waals surface area contributed by atoms with Gasteiger partial charge >= 0.3 is 6.03 Å². The molecule has 0 saturated heterocycles. The summed E-state index contributed by atoms with van der Waals surface area (Å²) in [6.07, 6.45) is 1.69. The molecule has 0 fully saturated rings. The topological polar surface area (TPSA) is 50.2 Å². The van der Waals surface area contributed by atoms with E-state index in [0.717, 1.165) is 11.3 Å². The van der Waals surface area contributed by atoms with E-state index in [2.05, 4.69) is 16.9 Å². The van der Waals surface area contributed by atoms with Crippen molar-refractivity contribution >= 4 is 17.5 Å². The molecule has 0 atom stereocenters. The van der Waals surface area contributed by atoms with Crippen molar-refractivity contribution in [1.29, 1.82) is 0 Å². The number of carbonyl (C=O) groups is 1. The maximum atomic E-state index is 12.2. The van der Waals surface area contributed by atoms with E-state index < -0.39 is 0 Å². The molecule has 1 aliphatic rings. The smallest absolute Gasteiger partial charge is 0.327 e. The van der Waals surface area contributed by atoms with Crippen LogP contribution in [0, 0.1) is 6.92 Å². The Morgan fingerprint density at radius 2 is 2.00 bits per heavy atom. The van der Waals surface area contributed by atoms with E-state index in [4.69, 9.17) is 0 Å². The third-order valence-corrected chi connectivity index (χ3v) is 3.42. The van der Waals surface area contributed by atoms with Crippen LogP contribution in [0.3, 0.4) is 0 Å². The van der Waals surface area contributed by atoms with Crippen LogP contribution in [0.15, 0.2) is 37.2 Å². The maximum Gasteiger partial charge on any atom is 0.327 e. The third-order valence-electron chi connectivity index (χ3n) is 3.42. The van der Waals surface area contributed by atoms with E-state index in [0.29, 0.717) is 18.1 Å². The highest BCUT2D eigenvalue weighted by molar-refractivity contribution is 6.02. The largest absolute Gasteiger partial charge is 0.331 e. The van der Waals surface area contributed by atoms with Crippen molar-refractivity contribution in [3.05, 3.63) is 54.0 Å². The molecule has 5 heteroatoms. The van der Waals surface area contributed by atoms with Crippen molar-refractivity contribution in [2.45, 2.75) is 13.5 Å². The first-order valence-corrected chi connectivity index (χ1v) is 6.41. The number of nitrogens with one attached hydrogen (secondary N) is 1. The van der Waals surface area contributed by atoms with Crippen LogP contribution in [0.5, 0.6) is 0 Å². The molecule has 2 aromatic rings. The average Bonchev–Trinajstić information content (AvgIpc) is 2.79. The number of anilines is 1. The summed E-state index contributed by atoms with van der Waals surface area (Å²) < 4.78 is 1.86. The number of aryl methyl sites for hydroxylation is 2. The number of carbonyl (C=O) groups excluding carboxylic acids is 1. The van der Waals surface area contributed by atoms with Gasteiger partial charge in [0, 0.05) is 7.05 Å². The number of nitrogens with zero attached hydrogens (tertiary/aromatic N) is 3. The van der Waals surface area contributed by atoms with Crippen molar-refractivity contribution in [3.8, 4) is 0 Å². The number of imidazole rings is 1. The zero-order valence-corrected chi connectivity index (χ0v) is 11.6. The van der Waals surface area contributed by atoms with Crippen molar-refractivity contribution in [2.75, 3.05) is 4.90 Å². The molecule has 1 N–H and O–H groups in total. The minimum Gasteiger partial charge on any atom is -0.331 e. The van der Waals surface area contributed by atoms with Crippen LogP contribution in [0.25, 0.3) is 5.70 Å². The van der Waals surface area contributed by atoms with Crippen molar-refractivity contribution < 1.29 is 4.79 Å². The quantitative estimate of drug-likeness (QED) is 0.909.